The number of anilines is 2. The third-order valence-corrected chi connectivity index (χ3v) is 6.59. The molecule has 3 heterocycles. The Bertz CT molecular complexity index is 1110. The van der Waals surface area contributed by atoms with E-state index in [0.717, 1.165) is 46.4 Å². The van der Waals surface area contributed by atoms with Crippen LogP contribution in [0.15, 0.2) is 22.7 Å². The fourth-order valence-corrected chi connectivity index (χ4v) is 4.72. The van der Waals surface area contributed by atoms with Gasteiger partial charge in [-0.2, -0.15) is 0 Å². The Morgan fingerprint density at radius 2 is 1.91 bits per heavy atom. The molecule has 1 aliphatic carbocycles. The fourth-order valence-electron chi connectivity index (χ4n) is 4.72. The minimum absolute atomic E-state index is 0.178. The van der Waals surface area contributed by atoms with Gasteiger partial charge in [-0.25, -0.2) is 4.98 Å². The molecule has 8 nitrogen and oxygen atoms in total. The molecule has 3 aromatic rings. The van der Waals surface area contributed by atoms with Gasteiger partial charge in [0.25, 0.3) is 0 Å². The molecule has 172 valence electrons. The minimum atomic E-state index is -1.00. The van der Waals surface area contributed by atoms with Crippen molar-refractivity contribution in [3.8, 4) is 11.3 Å². The lowest BCUT2D eigenvalue weighted by Gasteiger charge is -2.23. The number of aryl methyl sites for hydroxylation is 1. The summed E-state index contributed by atoms with van der Waals surface area (Å²) in [4.78, 5) is 9.26. The predicted octanol–water partition coefficient (Wildman–Crippen LogP) is 2.88. The molecule has 32 heavy (non-hydrogen) atoms. The molecule has 4 rings (SSSR count). The average molecular weight is 441 g/mol. The third kappa shape index (κ3) is 3.83. The van der Waals surface area contributed by atoms with Crippen LogP contribution in [0.2, 0.25) is 0 Å². The number of rotatable bonds is 7. The Hall–Kier alpha value is -2.68. The Kier molecular flexibility index (Phi) is 6.37. The van der Waals surface area contributed by atoms with Crippen molar-refractivity contribution in [3.63, 3.8) is 0 Å². The molecule has 0 saturated heterocycles. The summed E-state index contributed by atoms with van der Waals surface area (Å²) >= 11 is 0. The highest BCUT2D eigenvalue weighted by Gasteiger charge is 2.41. The number of hydrogen-bond donors (Lipinski definition) is 5. The Labute approximate surface area is 187 Å². The second-order valence-electron chi connectivity index (χ2n) is 8.48. The number of nitrogens with one attached hydrogen (secondary N) is 2. The van der Waals surface area contributed by atoms with E-state index in [1.165, 1.54) is 0 Å². The maximum absolute atomic E-state index is 10.6. The maximum Gasteiger partial charge on any atom is 0.153 e. The second-order valence-corrected chi connectivity index (χ2v) is 8.48. The van der Waals surface area contributed by atoms with Gasteiger partial charge in [0.15, 0.2) is 5.58 Å². The van der Waals surface area contributed by atoms with Gasteiger partial charge in [0.05, 0.1) is 23.9 Å². The first-order chi connectivity index (χ1) is 15.4. The second kappa shape index (κ2) is 9.05. The molecule has 1 fully saturated rings. The standard InChI is InChI=1S/C24H32N4O4/c1-5-15-7-13-9-18(32-19(13)10-26-15)20-12(3)16(6-2)23(25-4)28-24(20)27-17-8-14(11-29)21(30)22(17)31/h7,9-10,14,17,21-22,29-31H,5-6,8,11H2,1-4H3,(H2,25,27,28). The van der Waals surface area contributed by atoms with Crippen LogP contribution in [0, 0.1) is 12.8 Å². The van der Waals surface area contributed by atoms with E-state index in [9.17, 15) is 15.3 Å². The molecule has 8 heteroatoms. The molecule has 0 amide bonds. The molecular formula is C24H32N4O4. The zero-order valence-corrected chi connectivity index (χ0v) is 19.0. The first kappa shape index (κ1) is 22.5. The number of fused-ring (bicyclic) bond motifs is 1. The van der Waals surface area contributed by atoms with Gasteiger partial charge >= 0.3 is 0 Å². The van der Waals surface area contributed by atoms with E-state index >= 15 is 0 Å². The highest BCUT2D eigenvalue weighted by molar-refractivity contribution is 5.87. The highest BCUT2D eigenvalue weighted by Crippen LogP contribution is 2.40. The lowest BCUT2D eigenvalue weighted by molar-refractivity contribution is 0.00446. The first-order valence-corrected chi connectivity index (χ1v) is 11.2. The fraction of sp³-hybridized carbons (Fsp3) is 0.500. The van der Waals surface area contributed by atoms with Crippen molar-refractivity contribution in [2.24, 2.45) is 5.92 Å². The molecular weight excluding hydrogens is 408 g/mol. The van der Waals surface area contributed by atoms with E-state index < -0.39 is 18.2 Å². The summed E-state index contributed by atoms with van der Waals surface area (Å²) in [6.07, 6.45) is 1.84. The molecule has 0 spiro atoms. The predicted molar refractivity (Wildman–Crippen MR) is 125 cm³/mol. The number of aromatic nitrogens is 2. The van der Waals surface area contributed by atoms with Crippen LogP contribution in [0.3, 0.4) is 0 Å². The number of aliphatic hydroxyl groups excluding tert-OH is 3. The molecule has 0 radical (unpaired) electrons. The normalized spacial score (nSPS) is 23.1. The number of furan rings is 1. The molecule has 5 N–H and O–H groups in total. The summed E-state index contributed by atoms with van der Waals surface area (Å²) in [5, 5.41) is 37.8. The zero-order valence-electron chi connectivity index (χ0n) is 19.0. The molecule has 1 aliphatic rings. The van der Waals surface area contributed by atoms with Crippen LogP contribution in [0.1, 0.15) is 37.1 Å². The Balaban J connectivity index is 1.83. The van der Waals surface area contributed by atoms with Gasteiger partial charge in [0.1, 0.15) is 23.5 Å². The monoisotopic (exact) mass is 440 g/mol. The van der Waals surface area contributed by atoms with Crippen molar-refractivity contribution in [2.45, 2.75) is 58.3 Å². The Morgan fingerprint density at radius 1 is 1.12 bits per heavy atom. The van der Waals surface area contributed by atoms with Crippen molar-refractivity contribution in [1.29, 1.82) is 0 Å². The van der Waals surface area contributed by atoms with Gasteiger partial charge in [-0.05, 0) is 49.4 Å². The molecule has 0 aliphatic heterocycles. The molecule has 4 atom stereocenters. The number of pyridine rings is 2. The van der Waals surface area contributed by atoms with E-state index in [1.807, 2.05) is 26.1 Å². The lowest BCUT2D eigenvalue weighted by atomic mass is 9.99. The van der Waals surface area contributed by atoms with Gasteiger partial charge in [0.2, 0.25) is 0 Å². The molecule has 4 unspecified atom stereocenters. The summed E-state index contributed by atoms with van der Waals surface area (Å²) in [6, 6.07) is 3.59. The van der Waals surface area contributed by atoms with E-state index in [2.05, 4.69) is 29.5 Å². The van der Waals surface area contributed by atoms with Crippen LogP contribution >= 0.6 is 0 Å². The number of hydrogen-bond acceptors (Lipinski definition) is 8. The van der Waals surface area contributed by atoms with Crippen molar-refractivity contribution in [2.75, 3.05) is 24.3 Å². The van der Waals surface area contributed by atoms with Crippen LogP contribution in [-0.4, -0.2) is 57.2 Å². The summed E-state index contributed by atoms with van der Waals surface area (Å²) in [6.45, 7) is 6.01. The number of nitrogens with zero attached hydrogens (tertiary/aromatic N) is 2. The summed E-state index contributed by atoms with van der Waals surface area (Å²) in [7, 11) is 1.83. The van der Waals surface area contributed by atoms with E-state index in [-0.39, 0.29) is 12.5 Å². The first-order valence-electron chi connectivity index (χ1n) is 11.2. The quantitative estimate of drug-likeness (QED) is 0.380. The summed E-state index contributed by atoms with van der Waals surface area (Å²) in [5.74, 6) is 1.62. The van der Waals surface area contributed by atoms with Crippen LogP contribution < -0.4 is 10.6 Å². The van der Waals surface area contributed by atoms with Crippen LogP contribution in [0.5, 0.6) is 0 Å². The van der Waals surface area contributed by atoms with E-state index in [0.29, 0.717) is 23.6 Å². The van der Waals surface area contributed by atoms with Gasteiger partial charge in [-0.3, -0.25) is 4.98 Å². The van der Waals surface area contributed by atoms with Crippen LogP contribution in [0.25, 0.3) is 22.3 Å². The smallest absolute Gasteiger partial charge is 0.153 e. The maximum atomic E-state index is 10.6. The summed E-state index contributed by atoms with van der Waals surface area (Å²) in [5.41, 5.74) is 4.64. The topological polar surface area (TPSA) is 124 Å². The number of aliphatic hydroxyl groups is 3. The van der Waals surface area contributed by atoms with Crippen LogP contribution in [-0.2, 0) is 12.8 Å². The molecule has 0 aromatic carbocycles. The van der Waals surface area contributed by atoms with E-state index in [4.69, 9.17) is 9.40 Å². The lowest BCUT2D eigenvalue weighted by Crippen LogP contribution is -2.35. The highest BCUT2D eigenvalue weighted by atomic mass is 16.3. The SMILES string of the molecule is CCc1cc2cc(-c3c(NC4CC(CO)C(O)C4O)nc(NC)c(CC)c3C)oc2cn1. The minimum Gasteiger partial charge on any atom is -0.454 e. The molecule has 0 bridgehead atoms. The van der Waals surface area contributed by atoms with Crippen molar-refractivity contribution in [1.82, 2.24) is 9.97 Å². The zero-order chi connectivity index (χ0) is 23.0. The van der Waals surface area contributed by atoms with E-state index in [1.54, 1.807) is 6.20 Å². The van der Waals surface area contributed by atoms with Crippen molar-refractivity contribution in [3.05, 3.63) is 35.2 Å². The Morgan fingerprint density at radius 3 is 2.53 bits per heavy atom. The molecule has 3 aromatic heterocycles. The van der Waals surface area contributed by atoms with Gasteiger partial charge < -0.3 is 30.4 Å². The molecule has 1 saturated carbocycles. The van der Waals surface area contributed by atoms with Crippen molar-refractivity contribution >= 4 is 22.6 Å². The van der Waals surface area contributed by atoms with Gasteiger partial charge in [0, 0.05) is 30.7 Å². The van der Waals surface area contributed by atoms with Gasteiger partial charge in [-0.1, -0.05) is 13.8 Å². The third-order valence-electron chi connectivity index (χ3n) is 6.59. The van der Waals surface area contributed by atoms with Crippen molar-refractivity contribution < 1.29 is 19.7 Å². The van der Waals surface area contributed by atoms with Gasteiger partial charge in [-0.15, -0.1) is 0 Å². The largest absolute Gasteiger partial charge is 0.454 e. The average Bonchev–Trinajstić information content (AvgIpc) is 3.33. The summed E-state index contributed by atoms with van der Waals surface area (Å²) < 4.78 is 6.19. The van der Waals surface area contributed by atoms with Crippen LogP contribution in [0.4, 0.5) is 11.6 Å².